The van der Waals surface area contributed by atoms with E-state index in [1.165, 1.54) is 43.5 Å². The third kappa shape index (κ3) is 5.55. The average Bonchev–Trinajstić information content (AvgIpc) is 2.44. The highest BCUT2D eigenvalue weighted by molar-refractivity contribution is 5.96. The molecule has 0 aliphatic heterocycles. The first-order chi connectivity index (χ1) is 9.81. The number of benzene rings is 1. The molecule has 0 saturated heterocycles. The van der Waals surface area contributed by atoms with Gasteiger partial charge in [0.1, 0.15) is 0 Å². The zero-order valence-electron chi connectivity index (χ0n) is 12.7. The Kier molecular flexibility index (Phi) is 6.37. The fraction of sp³-hybridized carbons (Fsp3) is 0.500. The largest absolute Gasteiger partial charge is 0.366 e. The van der Waals surface area contributed by atoms with E-state index in [0.29, 0.717) is 17.2 Å². The first kappa shape index (κ1) is 17.2. The van der Waals surface area contributed by atoms with Gasteiger partial charge in [0.05, 0.1) is 0 Å². The highest BCUT2D eigenvalue weighted by atomic mass is 16.1. The molecule has 0 bridgehead atoms. The van der Waals surface area contributed by atoms with Crippen LogP contribution in [-0.4, -0.2) is 17.9 Å². The van der Waals surface area contributed by atoms with Crippen molar-refractivity contribution in [2.75, 3.05) is 0 Å². The van der Waals surface area contributed by atoms with Gasteiger partial charge in [0.2, 0.25) is 11.8 Å². The van der Waals surface area contributed by atoms with Crippen molar-refractivity contribution in [3.63, 3.8) is 0 Å². The zero-order valence-corrected chi connectivity index (χ0v) is 12.7. The molecule has 0 radical (unpaired) electrons. The fourth-order valence-corrected chi connectivity index (χ4v) is 2.49. The number of hydrogen-bond donors (Lipinski definition) is 3. The molecule has 1 aliphatic carbocycles. The standard InChI is InChI=1S/C8H8N2O2.C8H17N/c9-7(11)5-1-2-6(4-3-5)8(10)12;1-6-3-4-8(9)7(2)5-6/h1-4H,(H2,9,11)(H2,10,12);6-8H,3-5,9H2,1-2H3. The minimum atomic E-state index is -0.522. The van der Waals surface area contributed by atoms with Crippen LogP contribution in [0.25, 0.3) is 0 Å². The van der Waals surface area contributed by atoms with Gasteiger partial charge in [-0.2, -0.15) is 0 Å². The van der Waals surface area contributed by atoms with E-state index in [1.807, 2.05) is 0 Å². The summed E-state index contributed by atoms with van der Waals surface area (Å²) >= 11 is 0. The van der Waals surface area contributed by atoms with Gasteiger partial charge in [0, 0.05) is 17.2 Å². The number of nitrogens with two attached hydrogens (primary N) is 3. The van der Waals surface area contributed by atoms with Crippen LogP contribution in [0.3, 0.4) is 0 Å². The number of primary amides is 2. The third-order valence-electron chi connectivity index (χ3n) is 3.95. The van der Waals surface area contributed by atoms with Crippen molar-refractivity contribution in [3.05, 3.63) is 35.4 Å². The maximum absolute atomic E-state index is 10.6. The van der Waals surface area contributed by atoms with Crippen molar-refractivity contribution in [3.8, 4) is 0 Å². The van der Waals surface area contributed by atoms with E-state index in [1.54, 1.807) is 0 Å². The lowest BCUT2D eigenvalue weighted by atomic mass is 9.80. The van der Waals surface area contributed by atoms with Gasteiger partial charge in [0.15, 0.2) is 0 Å². The van der Waals surface area contributed by atoms with Gasteiger partial charge in [-0.25, -0.2) is 0 Å². The molecule has 0 spiro atoms. The molecule has 1 saturated carbocycles. The first-order valence-corrected chi connectivity index (χ1v) is 7.26. The molecule has 3 atom stereocenters. The van der Waals surface area contributed by atoms with Crippen LogP contribution in [0.5, 0.6) is 0 Å². The van der Waals surface area contributed by atoms with Gasteiger partial charge in [-0.05, 0) is 55.4 Å². The molecule has 6 N–H and O–H groups in total. The van der Waals surface area contributed by atoms with Crippen molar-refractivity contribution in [2.24, 2.45) is 29.0 Å². The Morgan fingerprint density at radius 2 is 1.38 bits per heavy atom. The van der Waals surface area contributed by atoms with Gasteiger partial charge in [-0.15, -0.1) is 0 Å². The Bertz CT molecular complexity index is 452. The van der Waals surface area contributed by atoms with Gasteiger partial charge in [0.25, 0.3) is 0 Å². The average molecular weight is 291 g/mol. The molecule has 1 aromatic carbocycles. The van der Waals surface area contributed by atoms with Crippen LogP contribution in [0, 0.1) is 11.8 Å². The van der Waals surface area contributed by atoms with E-state index in [9.17, 15) is 9.59 Å². The lowest BCUT2D eigenvalue weighted by molar-refractivity contribution is 0.0988. The summed E-state index contributed by atoms with van der Waals surface area (Å²) < 4.78 is 0. The van der Waals surface area contributed by atoms with Crippen LogP contribution in [-0.2, 0) is 0 Å². The Morgan fingerprint density at radius 3 is 1.67 bits per heavy atom. The van der Waals surface area contributed by atoms with Gasteiger partial charge in [-0.3, -0.25) is 9.59 Å². The van der Waals surface area contributed by atoms with Crippen LogP contribution in [0.15, 0.2) is 24.3 Å². The van der Waals surface area contributed by atoms with Gasteiger partial charge in [-0.1, -0.05) is 13.8 Å². The number of carbonyl (C=O) groups excluding carboxylic acids is 2. The molecule has 0 aromatic heterocycles. The molecule has 21 heavy (non-hydrogen) atoms. The normalized spacial score (nSPS) is 24.6. The minimum Gasteiger partial charge on any atom is -0.366 e. The topological polar surface area (TPSA) is 112 Å². The molecule has 3 unspecified atom stereocenters. The molecule has 0 heterocycles. The Morgan fingerprint density at radius 1 is 0.952 bits per heavy atom. The second-order valence-corrected chi connectivity index (χ2v) is 5.87. The van der Waals surface area contributed by atoms with Gasteiger partial charge < -0.3 is 17.2 Å². The van der Waals surface area contributed by atoms with Crippen LogP contribution >= 0.6 is 0 Å². The van der Waals surface area contributed by atoms with E-state index in [4.69, 9.17) is 17.2 Å². The van der Waals surface area contributed by atoms with Crippen molar-refractivity contribution < 1.29 is 9.59 Å². The first-order valence-electron chi connectivity index (χ1n) is 7.26. The fourth-order valence-electron chi connectivity index (χ4n) is 2.49. The molecule has 1 aromatic rings. The second-order valence-electron chi connectivity index (χ2n) is 5.87. The number of hydrogen-bond acceptors (Lipinski definition) is 3. The molecule has 1 fully saturated rings. The van der Waals surface area contributed by atoms with Crippen LogP contribution < -0.4 is 17.2 Å². The lowest BCUT2D eigenvalue weighted by Crippen LogP contribution is -2.33. The molecule has 5 heteroatoms. The summed E-state index contributed by atoms with van der Waals surface area (Å²) in [4.78, 5) is 21.2. The molecule has 2 amide bonds. The number of carbonyl (C=O) groups is 2. The quantitative estimate of drug-likeness (QED) is 0.770. The smallest absolute Gasteiger partial charge is 0.248 e. The maximum Gasteiger partial charge on any atom is 0.248 e. The van der Waals surface area contributed by atoms with Crippen LogP contribution in [0.1, 0.15) is 53.8 Å². The Balaban J connectivity index is 0.000000219. The number of rotatable bonds is 2. The Hall–Kier alpha value is -1.88. The third-order valence-corrected chi connectivity index (χ3v) is 3.95. The summed E-state index contributed by atoms with van der Waals surface area (Å²) in [6.45, 7) is 4.59. The second kappa shape index (κ2) is 7.78. The predicted molar refractivity (Wildman–Crippen MR) is 83.6 cm³/mol. The van der Waals surface area contributed by atoms with Gasteiger partial charge >= 0.3 is 0 Å². The lowest BCUT2D eigenvalue weighted by Gasteiger charge is -2.29. The summed E-state index contributed by atoms with van der Waals surface area (Å²) in [6.07, 6.45) is 3.91. The van der Waals surface area contributed by atoms with E-state index in [0.717, 1.165) is 11.8 Å². The predicted octanol–water partition coefficient (Wildman–Crippen LogP) is 1.65. The van der Waals surface area contributed by atoms with Crippen molar-refractivity contribution in [1.29, 1.82) is 0 Å². The van der Waals surface area contributed by atoms with E-state index in [-0.39, 0.29) is 0 Å². The summed E-state index contributed by atoms with van der Waals surface area (Å²) in [5.74, 6) is 0.630. The highest BCUT2D eigenvalue weighted by Crippen LogP contribution is 2.26. The summed E-state index contributed by atoms with van der Waals surface area (Å²) in [7, 11) is 0. The zero-order chi connectivity index (χ0) is 16.0. The summed E-state index contributed by atoms with van der Waals surface area (Å²) in [5.41, 5.74) is 16.5. The van der Waals surface area contributed by atoms with E-state index < -0.39 is 11.8 Å². The molecular weight excluding hydrogens is 266 g/mol. The van der Waals surface area contributed by atoms with Crippen LogP contribution in [0.4, 0.5) is 0 Å². The van der Waals surface area contributed by atoms with Crippen molar-refractivity contribution in [1.82, 2.24) is 0 Å². The van der Waals surface area contributed by atoms with Crippen molar-refractivity contribution in [2.45, 2.75) is 39.2 Å². The minimum absolute atomic E-state index is 0.361. The highest BCUT2D eigenvalue weighted by Gasteiger charge is 2.21. The monoisotopic (exact) mass is 291 g/mol. The number of amides is 2. The van der Waals surface area contributed by atoms with Crippen molar-refractivity contribution >= 4 is 11.8 Å². The SMILES string of the molecule is CC1CCC(N)C(C)C1.NC(=O)c1ccc(C(N)=O)cc1. The molecular formula is C16H25N3O2. The van der Waals surface area contributed by atoms with Crippen LogP contribution in [0.2, 0.25) is 0 Å². The van der Waals surface area contributed by atoms with E-state index >= 15 is 0 Å². The molecule has 1 aliphatic rings. The van der Waals surface area contributed by atoms with E-state index in [2.05, 4.69) is 13.8 Å². The maximum atomic E-state index is 10.6. The Labute approximate surface area is 125 Å². The molecule has 5 nitrogen and oxygen atoms in total. The summed E-state index contributed by atoms with van der Waals surface area (Å²) in [6, 6.07) is 6.33. The summed E-state index contributed by atoms with van der Waals surface area (Å²) in [5, 5.41) is 0. The molecule has 2 rings (SSSR count). The molecule has 116 valence electrons.